The SMILES string of the molecule is C/C(=C/CC#Cc1ccncc1)N(C)c1ccc(F)cc1. The van der Waals surface area contributed by atoms with E-state index in [0.29, 0.717) is 6.42 Å². The minimum atomic E-state index is -0.225. The lowest BCUT2D eigenvalue weighted by atomic mass is 10.2. The summed E-state index contributed by atoms with van der Waals surface area (Å²) in [6.07, 6.45) is 6.18. The fourth-order valence-corrected chi connectivity index (χ4v) is 1.79. The van der Waals surface area contributed by atoms with E-state index >= 15 is 0 Å². The summed E-state index contributed by atoms with van der Waals surface area (Å²) in [6, 6.07) is 10.2. The molecule has 2 nitrogen and oxygen atoms in total. The molecule has 1 aromatic heterocycles. The number of pyridine rings is 1. The second kappa shape index (κ2) is 7.25. The molecule has 0 saturated heterocycles. The first-order chi connectivity index (χ1) is 10.2. The first kappa shape index (κ1) is 14.8. The molecule has 21 heavy (non-hydrogen) atoms. The van der Waals surface area contributed by atoms with Crippen LogP contribution in [0.15, 0.2) is 60.6 Å². The molecule has 0 saturated carbocycles. The fourth-order valence-electron chi connectivity index (χ4n) is 1.79. The highest BCUT2D eigenvalue weighted by Crippen LogP contribution is 2.17. The predicted molar refractivity (Wildman–Crippen MR) is 84.3 cm³/mol. The van der Waals surface area contributed by atoms with Crippen molar-refractivity contribution in [2.75, 3.05) is 11.9 Å². The zero-order valence-electron chi connectivity index (χ0n) is 12.2. The molecule has 106 valence electrons. The summed E-state index contributed by atoms with van der Waals surface area (Å²) in [5.41, 5.74) is 2.99. The van der Waals surface area contributed by atoms with Gasteiger partial charge in [0, 0.05) is 42.8 Å². The van der Waals surface area contributed by atoms with Crippen LogP contribution in [-0.4, -0.2) is 12.0 Å². The molecule has 1 heterocycles. The van der Waals surface area contributed by atoms with E-state index in [1.165, 1.54) is 12.1 Å². The van der Waals surface area contributed by atoms with E-state index < -0.39 is 0 Å². The minimum Gasteiger partial charge on any atom is -0.349 e. The van der Waals surface area contributed by atoms with Gasteiger partial charge in [-0.15, -0.1) is 0 Å². The van der Waals surface area contributed by atoms with Gasteiger partial charge in [-0.3, -0.25) is 4.98 Å². The summed E-state index contributed by atoms with van der Waals surface area (Å²) >= 11 is 0. The molecule has 2 aromatic rings. The van der Waals surface area contributed by atoms with Gasteiger partial charge in [0.2, 0.25) is 0 Å². The van der Waals surface area contributed by atoms with Crippen LogP contribution in [0.2, 0.25) is 0 Å². The number of nitrogens with zero attached hydrogens (tertiary/aromatic N) is 2. The van der Waals surface area contributed by atoms with E-state index in [-0.39, 0.29) is 5.82 Å². The molecule has 1 aromatic carbocycles. The summed E-state index contributed by atoms with van der Waals surface area (Å²) in [6.45, 7) is 2.01. The van der Waals surface area contributed by atoms with Gasteiger partial charge >= 0.3 is 0 Å². The molecular weight excluding hydrogens is 263 g/mol. The fraction of sp³-hybridized carbons (Fsp3) is 0.167. The van der Waals surface area contributed by atoms with Crippen molar-refractivity contribution < 1.29 is 4.39 Å². The van der Waals surface area contributed by atoms with Crippen LogP contribution >= 0.6 is 0 Å². The first-order valence-corrected chi connectivity index (χ1v) is 6.72. The van der Waals surface area contributed by atoms with Gasteiger partial charge in [-0.25, -0.2) is 4.39 Å². The van der Waals surface area contributed by atoms with Crippen molar-refractivity contribution in [1.29, 1.82) is 0 Å². The molecule has 0 bridgehead atoms. The van der Waals surface area contributed by atoms with Crippen molar-refractivity contribution in [3.8, 4) is 11.8 Å². The Kier molecular flexibility index (Phi) is 5.11. The Balaban J connectivity index is 1.98. The van der Waals surface area contributed by atoms with Crippen LogP contribution in [-0.2, 0) is 0 Å². The van der Waals surface area contributed by atoms with Crippen molar-refractivity contribution in [2.24, 2.45) is 0 Å². The summed E-state index contributed by atoms with van der Waals surface area (Å²) in [5.74, 6) is 5.97. The maximum atomic E-state index is 12.9. The van der Waals surface area contributed by atoms with Gasteiger partial charge < -0.3 is 4.90 Å². The highest BCUT2D eigenvalue weighted by Gasteiger charge is 2.01. The van der Waals surface area contributed by atoms with Crippen LogP contribution in [0, 0.1) is 17.7 Å². The van der Waals surface area contributed by atoms with Crippen molar-refractivity contribution in [2.45, 2.75) is 13.3 Å². The van der Waals surface area contributed by atoms with Crippen LogP contribution in [0.5, 0.6) is 0 Å². The summed E-state index contributed by atoms with van der Waals surface area (Å²) in [4.78, 5) is 5.96. The van der Waals surface area contributed by atoms with E-state index in [1.807, 2.05) is 31.0 Å². The maximum Gasteiger partial charge on any atom is 0.123 e. The van der Waals surface area contributed by atoms with Crippen LogP contribution in [0.3, 0.4) is 0 Å². The lowest BCUT2D eigenvalue weighted by Crippen LogP contribution is -2.13. The highest BCUT2D eigenvalue weighted by atomic mass is 19.1. The third-order valence-corrected chi connectivity index (χ3v) is 3.16. The Bertz CT molecular complexity index is 664. The first-order valence-electron chi connectivity index (χ1n) is 6.72. The van der Waals surface area contributed by atoms with Crippen LogP contribution < -0.4 is 4.90 Å². The number of hydrogen-bond donors (Lipinski definition) is 0. The van der Waals surface area contributed by atoms with E-state index in [2.05, 4.69) is 22.9 Å². The van der Waals surface area contributed by atoms with Gasteiger partial charge in [0.05, 0.1) is 0 Å². The lowest BCUT2D eigenvalue weighted by molar-refractivity contribution is 0.628. The molecule has 0 aliphatic rings. The zero-order chi connectivity index (χ0) is 15.1. The number of anilines is 1. The van der Waals surface area contributed by atoms with Gasteiger partial charge in [0.15, 0.2) is 0 Å². The molecule has 0 aliphatic carbocycles. The standard InChI is InChI=1S/C18H17FN2/c1-15(21(2)18-9-7-17(19)8-10-18)5-3-4-6-16-11-13-20-14-12-16/h5,7-14H,3H2,1-2H3/b15-5-. The van der Waals surface area contributed by atoms with Crippen LogP contribution in [0.1, 0.15) is 18.9 Å². The molecule has 0 aliphatic heterocycles. The Morgan fingerprint density at radius 3 is 2.52 bits per heavy atom. The number of benzene rings is 1. The normalized spacial score (nSPS) is 10.7. The number of allylic oxidation sites excluding steroid dienone is 2. The maximum absolute atomic E-state index is 12.9. The minimum absolute atomic E-state index is 0.225. The number of hydrogen-bond acceptors (Lipinski definition) is 2. The van der Waals surface area contributed by atoms with Crippen LogP contribution in [0.4, 0.5) is 10.1 Å². The van der Waals surface area contributed by atoms with Gasteiger partial charge in [-0.1, -0.05) is 17.9 Å². The third kappa shape index (κ3) is 4.47. The zero-order valence-corrected chi connectivity index (χ0v) is 12.2. The average molecular weight is 280 g/mol. The molecular formula is C18H17FN2. The monoisotopic (exact) mass is 280 g/mol. The van der Waals surface area contributed by atoms with E-state index in [4.69, 9.17) is 0 Å². The molecule has 2 rings (SSSR count). The smallest absolute Gasteiger partial charge is 0.123 e. The summed E-state index contributed by atoms with van der Waals surface area (Å²) < 4.78 is 12.9. The number of rotatable bonds is 3. The number of halogens is 1. The van der Waals surface area contributed by atoms with Gasteiger partial charge in [0.1, 0.15) is 5.82 Å². The predicted octanol–water partition coefficient (Wildman–Crippen LogP) is 4.00. The Hall–Kier alpha value is -2.60. The Labute approximate surface area is 124 Å². The molecule has 0 spiro atoms. The summed E-state index contributed by atoms with van der Waals surface area (Å²) in [7, 11) is 1.95. The summed E-state index contributed by atoms with van der Waals surface area (Å²) in [5, 5.41) is 0. The molecule has 0 unspecified atom stereocenters. The molecule has 0 radical (unpaired) electrons. The highest BCUT2D eigenvalue weighted by molar-refractivity contribution is 5.50. The van der Waals surface area contributed by atoms with E-state index in [9.17, 15) is 4.39 Å². The van der Waals surface area contributed by atoms with Crippen molar-refractivity contribution in [3.05, 3.63) is 71.9 Å². The average Bonchev–Trinajstić information content (AvgIpc) is 2.52. The van der Waals surface area contributed by atoms with Gasteiger partial charge in [-0.2, -0.15) is 0 Å². The topological polar surface area (TPSA) is 16.1 Å². The van der Waals surface area contributed by atoms with Crippen molar-refractivity contribution >= 4 is 5.69 Å². The molecule has 0 atom stereocenters. The third-order valence-electron chi connectivity index (χ3n) is 3.16. The van der Waals surface area contributed by atoms with Gasteiger partial charge in [-0.05, 0) is 43.3 Å². The number of aromatic nitrogens is 1. The Morgan fingerprint density at radius 2 is 1.86 bits per heavy atom. The van der Waals surface area contributed by atoms with Crippen molar-refractivity contribution in [1.82, 2.24) is 4.98 Å². The van der Waals surface area contributed by atoms with Crippen molar-refractivity contribution in [3.63, 3.8) is 0 Å². The second-order valence-corrected chi connectivity index (χ2v) is 4.62. The lowest BCUT2D eigenvalue weighted by Gasteiger charge is -2.19. The van der Waals surface area contributed by atoms with Gasteiger partial charge in [0.25, 0.3) is 0 Å². The second-order valence-electron chi connectivity index (χ2n) is 4.62. The molecule has 0 fully saturated rings. The Morgan fingerprint density at radius 1 is 1.19 bits per heavy atom. The molecule has 0 amide bonds. The quantitative estimate of drug-likeness (QED) is 0.790. The molecule has 3 heteroatoms. The van der Waals surface area contributed by atoms with E-state index in [0.717, 1.165) is 16.9 Å². The largest absolute Gasteiger partial charge is 0.349 e. The van der Waals surface area contributed by atoms with Crippen LogP contribution in [0.25, 0.3) is 0 Å². The molecule has 0 N–H and O–H groups in total. The van der Waals surface area contributed by atoms with E-state index in [1.54, 1.807) is 24.5 Å².